The lowest BCUT2D eigenvalue weighted by molar-refractivity contribution is 0.309. The molecule has 0 saturated carbocycles. The normalized spacial score (nSPS) is 10.8. The van der Waals surface area contributed by atoms with Crippen molar-refractivity contribution in [1.82, 2.24) is 4.98 Å². The molecule has 4 heteroatoms. The SMILES string of the molecule is Cc1cc(OCc2ccc(Cl)cc2)c2cc(N)ccc2n1. The maximum absolute atomic E-state index is 5.94. The number of nitrogens with zero attached hydrogens (tertiary/aromatic N) is 1. The standard InChI is InChI=1S/C17H15ClN2O/c1-11-8-17(15-9-14(19)6-7-16(15)20-11)21-10-12-2-4-13(18)5-3-12/h2-9H,10,19H2,1H3. The van der Waals surface area contributed by atoms with Crippen LogP contribution in [0.15, 0.2) is 48.5 Å². The summed E-state index contributed by atoms with van der Waals surface area (Å²) in [4.78, 5) is 4.49. The molecular weight excluding hydrogens is 284 g/mol. The van der Waals surface area contributed by atoms with Gasteiger partial charge in [-0.25, -0.2) is 0 Å². The van der Waals surface area contributed by atoms with Crippen LogP contribution in [0, 0.1) is 6.92 Å². The summed E-state index contributed by atoms with van der Waals surface area (Å²) in [5, 5.41) is 1.64. The molecule has 0 aliphatic carbocycles. The Labute approximate surface area is 128 Å². The summed E-state index contributed by atoms with van der Waals surface area (Å²) in [6.07, 6.45) is 0. The summed E-state index contributed by atoms with van der Waals surface area (Å²) in [6, 6.07) is 15.2. The third-order valence-corrected chi connectivity index (χ3v) is 3.48. The molecule has 0 saturated heterocycles. The van der Waals surface area contributed by atoms with E-state index in [2.05, 4.69) is 4.98 Å². The molecule has 0 unspecified atom stereocenters. The maximum atomic E-state index is 5.94. The number of benzene rings is 2. The van der Waals surface area contributed by atoms with Crippen molar-refractivity contribution in [2.24, 2.45) is 0 Å². The topological polar surface area (TPSA) is 48.1 Å². The van der Waals surface area contributed by atoms with Gasteiger partial charge in [-0.3, -0.25) is 4.98 Å². The maximum Gasteiger partial charge on any atom is 0.131 e. The summed E-state index contributed by atoms with van der Waals surface area (Å²) >= 11 is 5.88. The average Bonchev–Trinajstić information content (AvgIpc) is 2.47. The molecule has 0 aliphatic rings. The highest BCUT2D eigenvalue weighted by Gasteiger charge is 2.06. The van der Waals surface area contributed by atoms with Crippen molar-refractivity contribution in [3.8, 4) is 5.75 Å². The molecule has 3 aromatic rings. The first-order valence-electron chi connectivity index (χ1n) is 6.66. The Kier molecular flexibility index (Phi) is 3.67. The second-order valence-corrected chi connectivity index (χ2v) is 5.39. The van der Waals surface area contributed by atoms with E-state index in [4.69, 9.17) is 22.1 Å². The fourth-order valence-corrected chi connectivity index (χ4v) is 2.33. The third-order valence-electron chi connectivity index (χ3n) is 3.23. The quantitative estimate of drug-likeness (QED) is 0.731. The minimum absolute atomic E-state index is 0.477. The van der Waals surface area contributed by atoms with E-state index in [0.29, 0.717) is 12.3 Å². The van der Waals surface area contributed by atoms with E-state index in [9.17, 15) is 0 Å². The minimum atomic E-state index is 0.477. The first-order chi connectivity index (χ1) is 10.1. The number of nitrogens with two attached hydrogens (primary N) is 1. The molecule has 106 valence electrons. The van der Waals surface area contributed by atoms with Gasteiger partial charge in [-0.05, 0) is 42.8 Å². The van der Waals surface area contributed by atoms with Crippen LogP contribution in [0.3, 0.4) is 0 Å². The van der Waals surface area contributed by atoms with Crippen molar-refractivity contribution < 1.29 is 4.74 Å². The summed E-state index contributed by atoms with van der Waals surface area (Å²) < 4.78 is 5.94. The van der Waals surface area contributed by atoms with Crippen LogP contribution in [0.2, 0.25) is 5.02 Å². The highest BCUT2D eigenvalue weighted by molar-refractivity contribution is 6.30. The molecule has 1 heterocycles. The van der Waals surface area contributed by atoms with Crippen LogP contribution in [-0.2, 0) is 6.61 Å². The van der Waals surface area contributed by atoms with Gasteiger partial charge < -0.3 is 10.5 Å². The van der Waals surface area contributed by atoms with Crippen molar-refractivity contribution >= 4 is 28.2 Å². The lowest BCUT2D eigenvalue weighted by Gasteiger charge is -2.11. The molecule has 0 bridgehead atoms. The van der Waals surface area contributed by atoms with E-state index in [-0.39, 0.29) is 0 Å². The van der Waals surface area contributed by atoms with E-state index in [1.54, 1.807) is 0 Å². The molecule has 3 rings (SSSR count). The molecule has 3 nitrogen and oxygen atoms in total. The van der Waals surface area contributed by atoms with Crippen LogP contribution in [0.25, 0.3) is 10.9 Å². The molecule has 0 spiro atoms. The number of pyridine rings is 1. The number of aromatic nitrogens is 1. The Morgan fingerprint density at radius 2 is 1.86 bits per heavy atom. The lowest BCUT2D eigenvalue weighted by Crippen LogP contribution is -1.98. The van der Waals surface area contributed by atoms with E-state index < -0.39 is 0 Å². The van der Waals surface area contributed by atoms with Gasteiger partial charge in [0.2, 0.25) is 0 Å². The fraction of sp³-hybridized carbons (Fsp3) is 0.118. The van der Waals surface area contributed by atoms with Crippen LogP contribution in [0.1, 0.15) is 11.3 Å². The number of halogens is 1. The van der Waals surface area contributed by atoms with Gasteiger partial charge in [-0.1, -0.05) is 23.7 Å². The zero-order chi connectivity index (χ0) is 14.8. The number of fused-ring (bicyclic) bond motifs is 1. The zero-order valence-electron chi connectivity index (χ0n) is 11.6. The van der Waals surface area contributed by atoms with Gasteiger partial charge >= 0.3 is 0 Å². The monoisotopic (exact) mass is 298 g/mol. The molecule has 0 amide bonds. The van der Waals surface area contributed by atoms with Crippen molar-refractivity contribution in [3.05, 3.63) is 64.8 Å². The number of hydrogen-bond donors (Lipinski definition) is 1. The number of aryl methyl sites for hydroxylation is 1. The van der Waals surface area contributed by atoms with E-state index in [1.165, 1.54) is 0 Å². The highest BCUT2D eigenvalue weighted by Crippen LogP contribution is 2.28. The van der Waals surface area contributed by atoms with Gasteiger partial charge in [-0.2, -0.15) is 0 Å². The number of hydrogen-bond acceptors (Lipinski definition) is 3. The number of nitrogen functional groups attached to an aromatic ring is 1. The summed E-state index contributed by atoms with van der Waals surface area (Å²) in [7, 11) is 0. The Balaban J connectivity index is 1.92. The van der Waals surface area contributed by atoms with Crippen molar-refractivity contribution in [2.75, 3.05) is 5.73 Å². The molecule has 0 aliphatic heterocycles. The number of anilines is 1. The van der Waals surface area contributed by atoms with Gasteiger partial charge in [0.05, 0.1) is 5.52 Å². The Morgan fingerprint density at radius 1 is 1.10 bits per heavy atom. The first-order valence-corrected chi connectivity index (χ1v) is 7.04. The zero-order valence-corrected chi connectivity index (χ0v) is 12.4. The summed E-state index contributed by atoms with van der Waals surface area (Å²) in [5.74, 6) is 0.791. The van der Waals surface area contributed by atoms with Gasteiger partial charge in [0.25, 0.3) is 0 Å². The largest absolute Gasteiger partial charge is 0.488 e. The van der Waals surface area contributed by atoms with Crippen LogP contribution in [-0.4, -0.2) is 4.98 Å². The Hall–Kier alpha value is -2.26. The van der Waals surface area contributed by atoms with Gasteiger partial charge in [0.1, 0.15) is 12.4 Å². The van der Waals surface area contributed by atoms with Crippen molar-refractivity contribution in [3.63, 3.8) is 0 Å². The second kappa shape index (κ2) is 5.62. The van der Waals surface area contributed by atoms with E-state index in [1.807, 2.05) is 55.5 Å². The second-order valence-electron chi connectivity index (χ2n) is 4.95. The van der Waals surface area contributed by atoms with Crippen LogP contribution < -0.4 is 10.5 Å². The predicted octanol–water partition coefficient (Wildman–Crippen LogP) is 4.36. The van der Waals surface area contributed by atoms with Gasteiger partial charge in [-0.15, -0.1) is 0 Å². The van der Waals surface area contributed by atoms with Gasteiger partial charge in [0.15, 0.2) is 0 Å². The molecular formula is C17H15ClN2O. The van der Waals surface area contributed by atoms with E-state index in [0.717, 1.165) is 32.9 Å². The smallest absolute Gasteiger partial charge is 0.131 e. The van der Waals surface area contributed by atoms with Crippen molar-refractivity contribution in [1.29, 1.82) is 0 Å². The van der Waals surface area contributed by atoms with Crippen LogP contribution in [0.4, 0.5) is 5.69 Å². The van der Waals surface area contributed by atoms with E-state index >= 15 is 0 Å². The molecule has 2 N–H and O–H groups in total. The molecule has 1 aromatic heterocycles. The number of rotatable bonds is 3. The molecule has 2 aromatic carbocycles. The predicted molar refractivity (Wildman–Crippen MR) is 86.7 cm³/mol. The van der Waals surface area contributed by atoms with Crippen molar-refractivity contribution in [2.45, 2.75) is 13.5 Å². The third kappa shape index (κ3) is 3.09. The molecule has 0 fully saturated rings. The van der Waals surface area contributed by atoms with Crippen LogP contribution >= 0.6 is 11.6 Å². The minimum Gasteiger partial charge on any atom is -0.488 e. The fourth-order valence-electron chi connectivity index (χ4n) is 2.20. The molecule has 21 heavy (non-hydrogen) atoms. The Bertz CT molecular complexity index is 785. The summed E-state index contributed by atoms with van der Waals surface area (Å²) in [6.45, 7) is 2.43. The summed E-state index contributed by atoms with van der Waals surface area (Å²) in [5.41, 5.74) is 9.42. The molecule has 0 radical (unpaired) electrons. The lowest BCUT2D eigenvalue weighted by atomic mass is 10.1. The highest BCUT2D eigenvalue weighted by atomic mass is 35.5. The first kappa shape index (κ1) is 13.7. The molecule has 0 atom stereocenters. The van der Waals surface area contributed by atoms with Gasteiger partial charge in [0, 0.05) is 27.9 Å². The number of ether oxygens (including phenoxy) is 1. The average molecular weight is 299 g/mol. The van der Waals surface area contributed by atoms with Crippen LogP contribution in [0.5, 0.6) is 5.75 Å². The Morgan fingerprint density at radius 3 is 2.62 bits per heavy atom.